The van der Waals surface area contributed by atoms with E-state index in [0.29, 0.717) is 10.8 Å². The van der Waals surface area contributed by atoms with Crippen LogP contribution in [-0.4, -0.2) is 5.33 Å². The van der Waals surface area contributed by atoms with Crippen LogP contribution in [0.5, 0.6) is 0 Å². The van der Waals surface area contributed by atoms with Crippen LogP contribution in [0.1, 0.15) is 50.8 Å². The maximum atomic E-state index is 3.52. The van der Waals surface area contributed by atoms with Crippen molar-refractivity contribution < 1.29 is 0 Å². The number of aryl methyl sites for hydroxylation is 1. The van der Waals surface area contributed by atoms with Gasteiger partial charge in [-0.25, -0.2) is 0 Å². The van der Waals surface area contributed by atoms with Crippen LogP contribution in [0.3, 0.4) is 0 Å². The lowest BCUT2D eigenvalue weighted by Crippen LogP contribution is -2.17. The van der Waals surface area contributed by atoms with Crippen molar-refractivity contribution in [2.24, 2.45) is 0 Å². The summed E-state index contributed by atoms with van der Waals surface area (Å²) in [4.78, 5) is 0. The minimum absolute atomic E-state index is 0.334. The highest BCUT2D eigenvalue weighted by Gasteiger charge is 2.41. The van der Waals surface area contributed by atoms with Gasteiger partial charge in [0.1, 0.15) is 0 Å². The Morgan fingerprint density at radius 2 is 1.69 bits per heavy atom. The zero-order chi connectivity index (χ0) is 12.0. The molecule has 0 saturated heterocycles. The highest BCUT2D eigenvalue weighted by molar-refractivity contribution is 9.09. The molecule has 0 aliphatic heterocycles. The lowest BCUT2D eigenvalue weighted by molar-refractivity contribution is 0.403. The molecular formula is C15H21Br. The second-order valence-corrected chi connectivity index (χ2v) is 7.06. The largest absolute Gasteiger partial charge is 0.0924 e. The van der Waals surface area contributed by atoms with Crippen LogP contribution in [-0.2, 0) is 17.3 Å². The Morgan fingerprint density at radius 3 is 2.31 bits per heavy atom. The Labute approximate surface area is 108 Å². The Bertz CT molecular complexity index is 402. The molecule has 2 rings (SSSR count). The first kappa shape index (κ1) is 12.2. The molecule has 1 aromatic rings. The molecule has 0 spiro atoms. The third kappa shape index (κ3) is 1.95. The SMILES string of the molecule is CC1(C)CC(C)(C)c2cc(CCBr)ccc21. The molecule has 88 valence electrons. The minimum Gasteiger partial charge on any atom is -0.0924 e. The summed E-state index contributed by atoms with van der Waals surface area (Å²) in [5, 5.41) is 1.05. The predicted octanol–water partition coefficient (Wildman–Crippen LogP) is 4.58. The van der Waals surface area contributed by atoms with Gasteiger partial charge < -0.3 is 0 Å². The smallest absolute Gasteiger partial charge is 0.00718 e. The van der Waals surface area contributed by atoms with Crippen molar-refractivity contribution >= 4 is 15.9 Å². The van der Waals surface area contributed by atoms with Crippen LogP contribution < -0.4 is 0 Å². The van der Waals surface area contributed by atoms with Crippen LogP contribution in [0.25, 0.3) is 0 Å². The molecule has 16 heavy (non-hydrogen) atoms. The van der Waals surface area contributed by atoms with E-state index in [2.05, 4.69) is 61.8 Å². The summed E-state index contributed by atoms with van der Waals surface area (Å²) in [6, 6.07) is 7.07. The summed E-state index contributed by atoms with van der Waals surface area (Å²) < 4.78 is 0. The van der Waals surface area contributed by atoms with Crippen LogP contribution in [0.4, 0.5) is 0 Å². The molecule has 1 aromatic carbocycles. The van der Waals surface area contributed by atoms with E-state index in [9.17, 15) is 0 Å². The second-order valence-electron chi connectivity index (χ2n) is 6.26. The van der Waals surface area contributed by atoms with Crippen LogP contribution >= 0.6 is 15.9 Å². The standard InChI is InChI=1S/C15H21Br/c1-14(2)10-15(3,4)13-9-11(7-8-16)5-6-12(13)14/h5-6,9H,7-8,10H2,1-4H3. The van der Waals surface area contributed by atoms with Gasteiger partial charge in [-0.15, -0.1) is 0 Å². The summed E-state index contributed by atoms with van der Waals surface area (Å²) in [5.41, 5.74) is 5.25. The fraction of sp³-hybridized carbons (Fsp3) is 0.600. The van der Waals surface area contributed by atoms with E-state index >= 15 is 0 Å². The fourth-order valence-corrected chi connectivity index (χ4v) is 3.76. The molecule has 1 aliphatic rings. The maximum Gasteiger partial charge on any atom is 0.00718 e. The Morgan fingerprint density at radius 1 is 1.06 bits per heavy atom. The average molecular weight is 281 g/mol. The number of benzene rings is 1. The highest BCUT2D eigenvalue weighted by Crippen LogP contribution is 2.49. The summed E-state index contributed by atoms with van der Waals surface area (Å²) in [7, 11) is 0. The van der Waals surface area contributed by atoms with Gasteiger partial charge in [0.25, 0.3) is 0 Å². The van der Waals surface area contributed by atoms with E-state index in [1.165, 1.54) is 12.0 Å². The third-order valence-corrected chi connectivity index (χ3v) is 4.21. The third-order valence-electron chi connectivity index (χ3n) is 3.81. The number of hydrogen-bond acceptors (Lipinski definition) is 0. The van der Waals surface area contributed by atoms with E-state index in [-0.39, 0.29) is 0 Å². The van der Waals surface area contributed by atoms with E-state index in [1.54, 1.807) is 11.1 Å². The summed E-state index contributed by atoms with van der Waals surface area (Å²) in [6.45, 7) is 9.48. The lowest BCUT2D eigenvalue weighted by Gasteiger charge is -2.22. The minimum atomic E-state index is 0.334. The van der Waals surface area contributed by atoms with E-state index in [1.807, 2.05) is 0 Å². The first-order chi connectivity index (χ1) is 7.37. The first-order valence-electron chi connectivity index (χ1n) is 6.07. The molecule has 0 radical (unpaired) electrons. The van der Waals surface area contributed by atoms with Gasteiger partial charge >= 0.3 is 0 Å². The normalized spacial score (nSPS) is 20.8. The molecule has 0 saturated carbocycles. The average Bonchev–Trinajstić information content (AvgIpc) is 2.33. The number of rotatable bonds is 2. The van der Waals surface area contributed by atoms with Crippen molar-refractivity contribution in [3.05, 3.63) is 34.9 Å². The molecule has 0 heterocycles. The maximum absolute atomic E-state index is 3.52. The fourth-order valence-electron chi connectivity index (χ4n) is 3.30. The summed E-state index contributed by atoms with van der Waals surface area (Å²) in [5.74, 6) is 0. The zero-order valence-corrected chi connectivity index (χ0v) is 12.3. The van der Waals surface area contributed by atoms with Gasteiger partial charge in [0.2, 0.25) is 0 Å². The Balaban J connectivity index is 2.50. The van der Waals surface area contributed by atoms with E-state index < -0.39 is 0 Å². The van der Waals surface area contributed by atoms with Gasteiger partial charge in [0.05, 0.1) is 0 Å². The second kappa shape index (κ2) is 3.87. The Kier molecular flexibility index (Phi) is 2.94. The first-order valence-corrected chi connectivity index (χ1v) is 7.19. The molecule has 0 amide bonds. The van der Waals surface area contributed by atoms with Crippen molar-refractivity contribution in [2.45, 2.75) is 51.4 Å². The molecular weight excluding hydrogens is 260 g/mol. The number of halogens is 1. The van der Waals surface area contributed by atoms with E-state index in [4.69, 9.17) is 0 Å². The highest BCUT2D eigenvalue weighted by atomic mass is 79.9. The van der Waals surface area contributed by atoms with Crippen molar-refractivity contribution in [2.75, 3.05) is 5.33 Å². The quantitative estimate of drug-likeness (QED) is 0.696. The van der Waals surface area contributed by atoms with Crippen LogP contribution in [0.2, 0.25) is 0 Å². The van der Waals surface area contributed by atoms with Gasteiger partial charge in [-0.2, -0.15) is 0 Å². The van der Waals surface area contributed by atoms with Gasteiger partial charge in [0, 0.05) is 5.33 Å². The number of hydrogen-bond donors (Lipinski definition) is 0. The molecule has 0 fully saturated rings. The van der Waals surface area contributed by atoms with Crippen molar-refractivity contribution in [3.8, 4) is 0 Å². The summed E-state index contributed by atoms with van der Waals surface area (Å²) in [6.07, 6.45) is 2.39. The molecule has 0 atom stereocenters. The van der Waals surface area contributed by atoms with E-state index in [0.717, 1.165) is 11.8 Å². The van der Waals surface area contributed by atoms with Crippen molar-refractivity contribution in [1.82, 2.24) is 0 Å². The van der Waals surface area contributed by atoms with Gasteiger partial charge in [-0.1, -0.05) is 61.8 Å². The molecule has 0 bridgehead atoms. The van der Waals surface area contributed by atoms with Crippen molar-refractivity contribution in [3.63, 3.8) is 0 Å². The zero-order valence-electron chi connectivity index (χ0n) is 10.7. The number of alkyl halides is 1. The predicted molar refractivity (Wildman–Crippen MR) is 74.6 cm³/mol. The molecule has 0 aromatic heterocycles. The van der Waals surface area contributed by atoms with Gasteiger partial charge in [-0.3, -0.25) is 0 Å². The van der Waals surface area contributed by atoms with Crippen LogP contribution in [0, 0.1) is 0 Å². The monoisotopic (exact) mass is 280 g/mol. The van der Waals surface area contributed by atoms with Gasteiger partial charge in [-0.05, 0) is 40.4 Å². The lowest BCUT2D eigenvalue weighted by atomic mass is 9.82. The summed E-state index contributed by atoms with van der Waals surface area (Å²) >= 11 is 3.52. The van der Waals surface area contributed by atoms with Gasteiger partial charge in [0.15, 0.2) is 0 Å². The molecule has 0 unspecified atom stereocenters. The van der Waals surface area contributed by atoms with Crippen LogP contribution in [0.15, 0.2) is 18.2 Å². The molecule has 0 N–H and O–H groups in total. The number of fused-ring (bicyclic) bond motifs is 1. The molecule has 1 heteroatoms. The van der Waals surface area contributed by atoms with Crippen molar-refractivity contribution in [1.29, 1.82) is 0 Å². The Hall–Kier alpha value is -0.300. The molecule has 1 aliphatic carbocycles. The molecule has 0 nitrogen and oxygen atoms in total. The topological polar surface area (TPSA) is 0 Å².